The predicted octanol–water partition coefficient (Wildman–Crippen LogP) is 2.85. The Kier molecular flexibility index (Phi) is 3.74. The highest BCUT2D eigenvalue weighted by atomic mass is 14.9. The van der Waals surface area contributed by atoms with Crippen LogP contribution in [0.4, 0.5) is 5.69 Å². The molecule has 1 heterocycles. The molecule has 0 radical (unpaired) electrons. The molecular formula is C11H18N2. The van der Waals surface area contributed by atoms with Crippen molar-refractivity contribution in [1.29, 1.82) is 0 Å². The lowest BCUT2D eigenvalue weighted by molar-refractivity contribution is 0.607. The van der Waals surface area contributed by atoms with Crippen LogP contribution in [0.1, 0.15) is 25.8 Å². The molecule has 0 saturated carbocycles. The zero-order valence-electron chi connectivity index (χ0n) is 8.67. The fourth-order valence-electron chi connectivity index (χ4n) is 1.16. The number of nitrogens with one attached hydrogen (secondary N) is 1. The van der Waals surface area contributed by atoms with E-state index in [0.717, 1.165) is 18.2 Å². The summed E-state index contributed by atoms with van der Waals surface area (Å²) < 4.78 is 0. The Morgan fingerprint density at radius 1 is 1.38 bits per heavy atom. The van der Waals surface area contributed by atoms with Gasteiger partial charge in [0.2, 0.25) is 0 Å². The summed E-state index contributed by atoms with van der Waals surface area (Å²) in [6, 6.07) is 2.12. The Labute approximate surface area is 80.4 Å². The quantitative estimate of drug-likeness (QED) is 0.766. The van der Waals surface area contributed by atoms with Crippen LogP contribution in [0.15, 0.2) is 18.5 Å². The summed E-state index contributed by atoms with van der Waals surface area (Å²) in [5.74, 6) is 0.755. The number of aryl methyl sites for hydroxylation is 1. The van der Waals surface area contributed by atoms with Crippen LogP contribution < -0.4 is 5.32 Å². The molecule has 1 N–H and O–H groups in total. The van der Waals surface area contributed by atoms with Gasteiger partial charge in [0.25, 0.3) is 0 Å². The predicted molar refractivity (Wildman–Crippen MR) is 56.9 cm³/mol. The zero-order valence-corrected chi connectivity index (χ0v) is 8.67. The Morgan fingerprint density at radius 3 is 2.77 bits per heavy atom. The maximum Gasteiger partial charge on any atom is 0.0529 e. The lowest BCUT2D eigenvalue weighted by atomic mass is 10.1. The van der Waals surface area contributed by atoms with Gasteiger partial charge in [0.15, 0.2) is 0 Å². The van der Waals surface area contributed by atoms with E-state index in [1.165, 1.54) is 12.0 Å². The highest BCUT2D eigenvalue weighted by Crippen LogP contribution is 2.08. The average molecular weight is 178 g/mol. The van der Waals surface area contributed by atoms with E-state index in [0.29, 0.717) is 0 Å². The largest absolute Gasteiger partial charge is 0.384 e. The average Bonchev–Trinajstić information content (AvgIpc) is 2.03. The van der Waals surface area contributed by atoms with Crippen molar-refractivity contribution in [2.45, 2.75) is 27.2 Å². The van der Waals surface area contributed by atoms with Gasteiger partial charge in [-0.15, -0.1) is 0 Å². The molecule has 0 saturated heterocycles. The smallest absolute Gasteiger partial charge is 0.0529 e. The van der Waals surface area contributed by atoms with Gasteiger partial charge in [0.05, 0.1) is 5.69 Å². The second-order valence-electron chi connectivity index (χ2n) is 3.86. The number of hydrogen-bond donors (Lipinski definition) is 1. The first-order valence-electron chi connectivity index (χ1n) is 4.84. The SMILES string of the molecule is Cc1cncc(NCCC(C)C)c1. The number of anilines is 1. The molecule has 2 nitrogen and oxygen atoms in total. The third-order valence-electron chi connectivity index (χ3n) is 1.93. The minimum Gasteiger partial charge on any atom is -0.384 e. The fraction of sp³-hybridized carbons (Fsp3) is 0.545. The third-order valence-corrected chi connectivity index (χ3v) is 1.93. The molecular weight excluding hydrogens is 160 g/mol. The van der Waals surface area contributed by atoms with Crippen molar-refractivity contribution in [3.63, 3.8) is 0 Å². The highest BCUT2D eigenvalue weighted by molar-refractivity contribution is 5.42. The molecule has 0 spiro atoms. The van der Waals surface area contributed by atoms with E-state index in [1.807, 2.05) is 12.4 Å². The Balaban J connectivity index is 2.37. The van der Waals surface area contributed by atoms with Crippen LogP contribution in [0.2, 0.25) is 0 Å². The first-order chi connectivity index (χ1) is 6.18. The molecule has 0 atom stereocenters. The molecule has 0 aliphatic heterocycles. The summed E-state index contributed by atoms with van der Waals surface area (Å²) >= 11 is 0. The van der Waals surface area contributed by atoms with Gasteiger partial charge in [0, 0.05) is 18.9 Å². The first kappa shape index (κ1) is 10.0. The number of nitrogens with zero attached hydrogens (tertiary/aromatic N) is 1. The summed E-state index contributed by atoms with van der Waals surface area (Å²) in [6.45, 7) is 7.55. The Hall–Kier alpha value is -1.05. The van der Waals surface area contributed by atoms with Crippen LogP contribution in [0.3, 0.4) is 0 Å². The maximum absolute atomic E-state index is 4.12. The van der Waals surface area contributed by atoms with Gasteiger partial charge in [-0.05, 0) is 30.9 Å². The van der Waals surface area contributed by atoms with Crippen molar-refractivity contribution in [1.82, 2.24) is 4.98 Å². The van der Waals surface area contributed by atoms with Crippen LogP contribution in [-0.4, -0.2) is 11.5 Å². The molecule has 0 aromatic carbocycles. The maximum atomic E-state index is 4.12. The molecule has 1 aromatic heterocycles. The van der Waals surface area contributed by atoms with Crippen molar-refractivity contribution in [2.75, 3.05) is 11.9 Å². The van der Waals surface area contributed by atoms with Crippen molar-refractivity contribution < 1.29 is 0 Å². The van der Waals surface area contributed by atoms with Gasteiger partial charge < -0.3 is 5.32 Å². The molecule has 0 amide bonds. The molecule has 13 heavy (non-hydrogen) atoms. The number of hydrogen-bond acceptors (Lipinski definition) is 2. The first-order valence-corrected chi connectivity index (χ1v) is 4.84. The van der Waals surface area contributed by atoms with E-state index < -0.39 is 0 Å². The molecule has 1 aromatic rings. The van der Waals surface area contributed by atoms with Crippen LogP contribution in [-0.2, 0) is 0 Å². The van der Waals surface area contributed by atoms with Gasteiger partial charge in [-0.3, -0.25) is 4.98 Å². The van der Waals surface area contributed by atoms with E-state index in [1.54, 1.807) is 0 Å². The topological polar surface area (TPSA) is 24.9 Å². The normalized spacial score (nSPS) is 10.5. The van der Waals surface area contributed by atoms with Gasteiger partial charge in [-0.1, -0.05) is 13.8 Å². The third kappa shape index (κ3) is 3.92. The van der Waals surface area contributed by atoms with E-state index in [2.05, 4.69) is 37.1 Å². The number of pyridine rings is 1. The van der Waals surface area contributed by atoms with Gasteiger partial charge in [-0.25, -0.2) is 0 Å². The van der Waals surface area contributed by atoms with Gasteiger partial charge in [-0.2, -0.15) is 0 Å². The van der Waals surface area contributed by atoms with E-state index in [4.69, 9.17) is 0 Å². The number of aromatic nitrogens is 1. The standard InChI is InChI=1S/C11H18N2/c1-9(2)4-5-13-11-6-10(3)7-12-8-11/h6-9,13H,4-5H2,1-3H3. The lowest BCUT2D eigenvalue weighted by Gasteiger charge is -2.07. The van der Waals surface area contributed by atoms with Crippen molar-refractivity contribution in [2.24, 2.45) is 5.92 Å². The van der Waals surface area contributed by atoms with E-state index >= 15 is 0 Å². The summed E-state index contributed by atoms with van der Waals surface area (Å²) in [4.78, 5) is 4.12. The Morgan fingerprint density at radius 2 is 2.15 bits per heavy atom. The van der Waals surface area contributed by atoms with Crippen molar-refractivity contribution in [3.8, 4) is 0 Å². The van der Waals surface area contributed by atoms with Crippen LogP contribution >= 0.6 is 0 Å². The second kappa shape index (κ2) is 4.85. The van der Waals surface area contributed by atoms with Crippen LogP contribution in [0.25, 0.3) is 0 Å². The zero-order chi connectivity index (χ0) is 9.68. The molecule has 0 aliphatic carbocycles. The molecule has 2 heteroatoms. The summed E-state index contributed by atoms with van der Waals surface area (Å²) in [5.41, 5.74) is 2.33. The van der Waals surface area contributed by atoms with Crippen molar-refractivity contribution >= 4 is 5.69 Å². The van der Waals surface area contributed by atoms with Gasteiger partial charge >= 0.3 is 0 Å². The summed E-state index contributed by atoms with van der Waals surface area (Å²) in [6.07, 6.45) is 4.94. The highest BCUT2D eigenvalue weighted by Gasteiger charge is 1.95. The number of rotatable bonds is 4. The summed E-state index contributed by atoms with van der Waals surface area (Å²) in [5, 5.41) is 3.35. The minimum absolute atomic E-state index is 0.755. The minimum atomic E-state index is 0.755. The molecule has 0 fully saturated rings. The van der Waals surface area contributed by atoms with Crippen LogP contribution in [0, 0.1) is 12.8 Å². The Bertz CT molecular complexity index is 256. The van der Waals surface area contributed by atoms with Crippen LogP contribution in [0.5, 0.6) is 0 Å². The van der Waals surface area contributed by atoms with E-state index in [9.17, 15) is 0 Å². The monoisotopic (exact) mass is 178 g/mol. The molecule has 0 aliphatic rings. The second-order valence-corrected chi connectivity index (χ2v) is 3.86. The van der Waals surface area contributed by atoms with Gasteiger partial charge in [0.1, 0.15) is 0 Å². The van der Waals surface area contributed by atoms with E-state index in [-0.39, 0.29) is 0 Å². The summed E-state index contributed by atoms with van der Waals surface area (Å²) in [7, 11) is 0. The lowest BCUT2D eigenvalue weighted by Crippen LogP contribution is -2.04. The molecule has 1 rings (SSSR count). The van der Waals surface area contributed by atoms with Crippen molar-refractivity contribution in [3.05, 3.63) is 24.0 Å². The molecule has 72 valence electrons. The molecule has 0 bridgehead atoms. The fourth-order valence-corrected chi connectivity index (χ4v) is 1.16. The molecule has 0 unspecified atom stereocenters.